The van der Waals surface area contributed by atoms with Crippen LogP contribution >= 0.6 is 24.0 Å². The van der Waals surface area contributed by atoms with Crippen LogP contribution in [0.3, 0.4) is 0 Å². The predicted molar refractivity (Wildman–Crippen MR) is 114 cm³/mol. The van der Waals surface area contributed by atoms with Crippen LogP contribution in [0.2, 0.25) is 0 Å². The number of methoxy groups -OCH3 is 1. The summed E-state index contributed by atoms with van der Waals surface area (Å²) in [5, 5.41) is 6.65. The van der Waals surface area contributed by atoms with Crippen molar-refractivity contribution in [2.45, 2.75) is 33.9 Å². The maximum Gasteiger partial charge on any atom is 0.212 e. The number of aryl methyl sites for hydroxylation is 2. The third-order valence-electron chi connectivity index (χ3n) is 3.72. The number of hydrogen-bond acceptors (Lipinski definition) is 3. The van der Waals surface area contributed by atoms with E-state index in [1.165, 1.54) is 16.7 Å². The molecule has 0 saturated carbocycles. The minimum atomic E-state index is 0. The Balaban J connectivity index is 0.00000312. The lowest BCUT2D eigenvalue weighted by molar-refractivity contribution is 0.397. The topological polar surface area (TPSA) is 58.5 Å². The molecule has 0 fully saturated rings. The Morgan fingerprint density at radius 1 is 1.16 bits per heavy atom. The van der Waals surface area contributed by atoms with Crippen LogP contribution in [0.5, 0.6) is 5.88 Å². The molecule has 0 bridgehead atoms. The number of ether oxygens (including phenoxy) is 1. The first-order valence-electron chi connectivity index (χ1n) is 8.19. The van der Waals surface area contributed by atoms with Crippen LogP contribution in [0, 0.1) is 13.8 Å². The van der Waals surface area contributed by atoms with Gasteiger partial charge in [0.05, 0.1) is 13.7 Å². The molecule has 0 unspecified atom stereocenters. The standard InChI is InChI=1S/C19H26N4O.HI/c1-5-20-19(22-12-16-7-9-18(24-4)21-11-16)23-13-17-8-6-14(2)10-15(17)3;/h6-11H,5,12-13H2,1-4H3,(H2,20,22,23);1H. The highest BCUT2D eigenvalue weighted by Gasteiger charge is 2.02. The summed E-state index contributed by atoms with van der Waals surface area (Å²) < 4.78 is 5.07. The van der Waals surface area contributed by atoms with Crippen molar-refractivity contribution in [3.05, 3.63) is 58.8 Å². The number of guanidine groups is 1. The van der Waals surface area contributed by atoms with Crippen LogP contribution in [-0.4, -0.2) is 24.6 Å². The number of halogens is 1. The largest absolute Gasteiger partial charge is 0.481 e. The SMILES string of the molecule is CCNC(=NCc1ccc(OC)nc1)NCc1ccc(C)cc1C.I. The van der Waals surface area contributed by atoms with E-state index in [4.69, 9.17) is 4.74 Å². The molecule has 0 atom stereocenters. The Labute approximate surface area is 167 Å². The van der Waals surface area contributed by atoms with Crippen molar-refractivity contribution in [1.82, 2.24) is 15.6 Å². The van der Waals surface area contributed by atoms with Gasteiger partial charge in [-0.1, -0.05) is 29.8 Å². The molecule has 1 aromatic carbocycles. The highest BCUT2D eigenvalue weighted by atomic mass is 127. The summed E-state index contributed by atoms with van der Waals surface area (Å²) in [5.74, 6) is 1.41. The van der Waals surface area contributed by atoms with Crippen molar-refractivity contribution in [1.29, 1.82) is 0 Å². The van der Waals surface area contributed by atoms with Gasteiger partial charge in [-0.15, -0.1) is 24.0 Å². The highest BCUT2D eigenvalue weighted by Crippen LogP contribution is 2.10. The Morgan fingerprint density at radius 3 is 2.56 bits per heavy atom. The summed E-state index contributed by atoms with van der Waals surface area (Å²) in [6, 6.07) is 10.3. The normalized spacial score (nSPS) is 10.8. The summed E-state index contributed by atoms with van der Waals surface area (Å²) in [5.41, 5.74) is 4.89. The zero-order chi connectivity index (χ0) is 17.4. The summed E-state index contributed by atoms with van der Waals surface area (Å²) in [4.78, 5) is 8.82. The van der Waals surface area contributed by atoms with E-state index in [0.717, 1.165) is 24.6 Å². The molecule has 0 radical (unpaired) electrons. The molecule has 2 aromatic rings. The third kappa shape index (κ3) is 6.89. The van der Waals surface area contributed by atoms with Gasteiger partial charge in [-0.25, -0.2) is 9.98 Å². The lowest BCUT2D eigenvalue weighted by atomic mass is 10.1. The summed E-state index contributed by atoms with van der Waals surface area (Å²) in [6.45, 7) is 8.44. The monoisotopic (exact) mass is 454 g/mol. The van der Waals surface area contributed by atoms with Gasteiger partial charge in [-0.3, -0.25) is 0 Å². The second-order valence-electron chi connectivity index (χ2n) is 5.69. The van der Waals surface area contributed by atoms with Gasteiger partial charge in [-0.05, 0) is 37.5 Å². The Kier molecular flexibility index (Phi) is 9.26. The molecule has 1 aromatic heterocycles. The van der Waals surface area contributed by atoms with Crippen LogP contribution in [0.1, 0.15) is 29.2 Å². The molecule has 0 aliphatic heterocycles. The first-order chi connectivity index (χ1) is 11.6. The third-order valence-corrected chi connectivity index (χ3v) is 3.72. The molecule has 0 aliphatic carbocycles. The Hall–Kier alpha value is -1.83. The quantitative estimate of drug-likeness (QED) is 0.398. The maximum absolute atomic E-state index is 5.07. The van der Waals surface area contributed by atoms with Crippen LogP contribution in [0.15, 0.2) is 41.5 Å². The van der Waals surface area contributed by atoms with Crippen LogP contribution in [0.4, 0.5) is 0 Å². The zero-order valence-electron chi connectivity index (χ0n) is 15.3. The van der Waals surface area contributed by atoms with Crippen molar-refractivity contribution in [2.24, 2.45) is 4.99 Å². The van der Waals surface area contributed by atoms with Gasteiger partial charge < -0.3 is 15.4 Å². The number of nitrogens with one attached hydrogen (secondary N) is 2. The van der Waals surface area contributed by atoms with Crippen molar-refractivity contribution in [3.63, 3.8) is 0 Å². The summed E-state index contributed by atoms with van der Waals surface area (Å²) in [7, 11) is 1.61. The molecule has 2 N–H and O–H groups in total. The lowest BCUT2D eigenvalue weighted by Crippen LogP contribution is -2.36. The molecule has 6 heteroatoms. The molecule has 0 spiro atoms. The summed E-state index contributed by atoms with van der Waals surface area (Å²) >= 11 is 0. The van der Waals surface area contributed by atoms with E-state index in [9.17, 15) is 0 Å². The number of nitrogens with zero attached hydrogens (tertiary/aromatic N) is 2. The van der Waals surface area contributed by atoms with Gasteiger partial charge in [0.1, 0.15) is 0 Å². The average Bonchev–Trinajstić information content (AvgIpc) is 2.59. The molecule has 2 rings (SSSR count). The molecular formula is C19H27IN4O. The smallest absolute Gasteiger partial charge is 0.212 e. The number of rotatable bonds is 6. The second-order valence-corrected chi connectivity index (χ2v) is 5.69. The van der Waals surface area contributed by atoms with Crippen molar-refractivity contribution >= 4 is 29.9 Å². The Bertz CT molecular complexity index is 686. The van der Waals surface area contributed by atoms with E-state index in [2.05, 4.69) is 59.6 Å². The van der Waals surface area contributed by atoms with E-state index < -0.39 is 0 Å². The van der Waals surface area contributed by atoms with Crippen LogP contribution in [0.25, 0.3) is 0 Å². The van der Waals surface area contributed by atoms with Crippen LogP contribution in [-0.2, 0) is 13.1 Å². The number of aromatic nitrogens is 1. The molecule has 25 heavy (non-hydrogen) atoms. The van der Waals surface area contributed by atoms with Gasteiger partial charge >= 0.3 is 0 Å². The molecular weight excluding hydrogens is 427 g/mol. The Morgan fingerprint density at radius 2 is 1.96 bits per heavy atom. The minimum Gasteiger partial charge on any atom is -0.481 e. The van der Waals surface area contributed by atoms with Crippen molar-refractivity contribution in [2.75, 3.05) is 13.7 Å². The molecule has 1 heterocycles. The zero-order valence-corrected chi connectivity index (χ0v) is 17.6. The fraction of sp³-hybridized carbons (Fsp3) is 0.368. The van der Waals surface area contributed by atoms with Crippen molar-refractivity contribution < 1.29 is 4.74 Å². The molecule has 5 nitrogen and oxygen atoms in total. The minimum absolute atomic E-state index is 0. The molecule has 136 valence electrons. The van der Waals surface area contributed by atoms with Gasteiger partial charge in [0.25, 0.3) is 0 Å². The van der Waals surface area contributed by atoms with Gasteiger partial charge in [0.15, 0.2) is 5.96 Å². The van der Waals surface area contributed by atoms with E-state index in [0.29, 0.717) is 12.4 Å². The van der Waals surface area contributed by atoms with E-state index in [-0.39, 0.29) is 24.0 Å². The van der Waals surface area contributed by atoms with E-state index in [1.807, 2.05) is 12.1 Å². The number of benzene rings is 1. The number of aliphatic imine (C=N–C) groups is 1. The van der Waals surface area contributed by atoms with Crippen LogP contribution < -0.4 is 15.4 Å². The maximum atomic E-state index is 5.07. The van der Waals surface area contributed by atoms with Crippen molar-refractivity contribution in [3.8, 4) is 5.88 Å². The molecule has 0 saturated heterocycles. The predicted octanol–water partition coefficient (Wildman–Crippen LogP) is 3.58. The molecule has 0 amide bonds. The van der Waals surface area contributed by atoms with E-state index in [1.54, 1.807) is 13.3 Å². The molecule has 0 aliphatic rings. The first-order valence-corrected chi connectivity index (χ1v) is 8.19. The van der Waals surface area contributed by atoms with Gasteiger partial charge in [0.2, 0.25) is 5.88 Å². The second kappa shape index (κ2) is 10.9. The fourth-order valence-electron chi connectivity index (χ4n) is 2.36. The average molecular weight is 454 g/mol. The fourth-order valence-corrected chi connectivity index (χ4v) is 2.36. The highest BCUT2D eigenvalue weighted by molar-refractivity contribution is 14.0. The summed E-state index contributed by atoms with van der Waals surface area (Å²) in [6.07, 6.45) is 1.79. The number of pyridine rings is 1. The number of hydrogen-bond donors (Lipinski definition) is 2. The van der Waals surface area contributed by atoms with Gasteiger partial charge in [-0.2, -0.15) is 0 Å². The lowest BCUT2D eigenvalue weighted by Gasteiger charge is -2.13. The first kappa shape index (κ1) is 21.2. The van der Waals surface area contributed by atoms with E-state index >= 15 is 0 Å². The van der Waals surface area contributed by atoms with Gasteiger partial charge in [0, 0.05) is 25.4 Å².